The normalized spacial score (nSPS) is 41.2. The fraction of sp³-hybridized carbons (Fsp3) is 1.00. The number of rotatable bonds is 1. The van der Waals surface area contributed by atoms with E-state index in [2.05, 4.69) is 10.2 Å². The minimum atomic E-state index is 0.592. The average Bonchev–Trinajstić information content (AvgIpc) is 2.93. The highest BCUT2D eigenvalue weighted by Gasteiger charge is 2.55. The summed E-state index contributed by atoms with van der Waals surface area (Å²) in [5.41, 5.74) is 1.44. The third-order valence-electron chi connectivity index (χ3n) is 5.47. The van der Waals surface area contributed by atoms with Crippen LogP contribution in [0, 0.1) is 5.41 Å². The molecule has 2 nitrogen and oxygen atoms in total. The molecule has 0 amide bonds. The van der Waals surface area contributed by atoms with Gasteiger partial charge in [-0.3, -0.25) is 4.90 Å². The van der Waals surface area contributed by atoms with E-state index in [4.69, 9.17) is 0 Å². The van der Waals surface area contributed by atoms with Crippen molar-refractivity contribution in [2.45, 2.75) is 56.5 Å². The maximum absolute atomic E-state index is 3.77. The van der Waals surface area contributed by atoms with Crippen LogP contribution in [0.5, 0.6) is 0 Å². The van der Waals surface area contributed by atoms with Crippen LogP contribution in [-0.2, 0) is 0 Å². The van der Waals surface area contributed by atoms with E-state index in [1.165, 1.54) is 64.6 Å². The second-order valence-electron chi connectivity index (χ2n) is 6.61. The van der Waals surface area contributed by atoms with Crippen molar-refractivity contribution in [1.29, 1.82) is 0 Å². The van der Waals surface area contributed by atoms with Crippen molar-refractivity contribution in [3.63, 3.8) is 0 Å². The van der Waals surface area contributed by atoms with Gasteiger partial charge in [0.05, 0.1) is 0 Å². The van der Waals surface area contributed by atoms with E-state index >= 15 is 0 Å². The van der Waals surface area contributed by atoms with Gasteiger partial charge in [0.1, 0.15) is 0 Å². The molecule has 0 aromatic rings. The quantitative estimate of drug-likeness (QED) is 0.703. The van der Waals surface area contributed by atoms with Gasteiger partial charge in [-0.15, -0.1) is 0 Å². The first kappa shape index (κ1) is 9.00. The summed E-state index contributed by atoms with van der Waals surface area (Å²) in [5, 5.41) is 3.77. The van der Waals surface area contributed by atoms with Crippen LogP contribution in [-0.4, -0.2) is 36.1 Å². The van der Waals surface area contributed by atoms with E-state index in [0.29, 0.717) is 5.54 Å². The van der Waals surface area contributed by atoms with E-state index in [-0.39, 0.29) is 0 Å². The van der Waals surface area contributed by atoms with Crippen LogP contribution in [0.1, 0.15) is 44.9 Å². The molecule has 0 aromatic heterocycles. The first-order valence-corrected chi connectivity index (χ1v) is 6.79. The monoisotopic (exact) mass is 206 g/mol. The summed E-state index contributed by atoms with van der Waals surface area (Å²) in [7, 11) is 0. The zero-order valence-corrected chi connectivity index (χ0v) is 9.60. The lowest BCUT2D eigenvalue weighted by Crippen LogP contribution is -2.63. The Kier molecular flexibility index (Phi) is 1.67. The number of likely N-dealkylation sites (tertiary alicyclic amines) is 1. The summed E-state index contributed by atoms with van der Waals surface area (Å²) in [4.78, 5) is 2.79. The molecule has 1 unspecified atom stereocenters. The first-order chi connectivity index (χ1) is 7.29. The predicted molar refractivity (Wildman–Crippen MR) is 60.8 cm³/mol. The Morgan fingerprint density at radius 3 is 2.47 bits per heavy atom. The van der Waals surface area contributed by atoms with Gasteiger partial charge in [0, 0.05) is 24.7 Å². The van der Waals surface area contributed by atoms with Gasteiger partial charge >= 0.3 is 0 Å². The number of hydrogen-bond donors (Lipinski definition) is 1. The van der Waals surface area contributed by atoms with Crippen molar-refractivity contribution in [2.24, 2.45) is 5.41 Å². The van der Waals surface area contributed by atoms with Crippen LogP contribution >= 0.6 is 0 Å². The molecule has 4 fully saturated rings. The van der Waals surface area contributed by atoms with Crippen LogP contribution in [0.2, 0.25) is 0 Å². The third kappa shape index (κ3) is 1.31. The molecule has 2 aliphatic heterocycles. The van der Waals surface area contributed by atoms with Crippen molar-refractivity contribution in [1.82, 2.24) is 10.2 Å². The summed E-state index contributed by atoms with van der Waals surface area (Å²) in [6, 6.07) is 0.928. The van der Waals surface area contributed by atoms with Crippen molar-refractivity contribution >= 4 is 0 Å². The standard InChI is InChI=1S/C13H22N2/c1-3-13(4-1)8-11(2-7-14-13)15-9-12(10-15)5-6-12/h11,14H,1-10H2. The molecule has 84 valence electrons. The minimum absolute atomic E-state index is 0.592. The Morgan fingerprint density at radius 1 is 1.07 bits per heavy atom. The van der Waals surface area contributed by atoms with Gasteiger partial charge in [-0.1, -0.05) is 0 Å². The number of piperidine rings is 1. The molecular formula is C13H22N2. The minimum Gasteiger partial charge on any atom is -0.311 e. The summed E-state index contributed by atoms with van der Waals surface area (Å²) < 4.78 is 0. The van der Waals surface area contributed by atoms with Crippen LogP contribution in [0.3, 0.4) is 0 Å². The summed E-state index contributed by atoms with van der Waals surface area (Å²) >= 11 is 0. The van der Waals surface area contributed by atoms with Gasteiger partial charge in [0.25, 0.3) is 0 Å². The van der Waals surface area contributed by atoms with Crippen LogP contribution < -0.4 is 5.32 Å². The Balaban J connectivity index is 1.40. The van der Waals surface area contributed by atoms with Gasteiger partial charge in [0.2, 0.25) is 0 Å². The maximum Gasteiger partial charge on any atom is 0.0196 e. The van der Waals surface area contributed by atoms with Gasteiger partial charge in [-0.25, -0.2) is 0 Å². The van der Waals surface area contributed by atoms with Crippen LogP contribution in [0.4, 0.5) is 0 Å². The fourth-order valence-electron chi connectivity index (χ4n) is 3.99. The first-order valence-electron chi connectivity index (χ1n) is 6.79. The molecule has 2 heteroatoms. The molecular weight excluding hydrogens is 184 g/mol. The zero-order valence-electron chi connectivity index (χ0n) is 9.60. The van der Waals surface area contributed by atoms with Crippen molar-refractivity contribution in [3.8, 4) is 0 Å². The second kappa shape index (κ2) is 2.78. The third-order valence-corrected chi connectivity index (χ3v) is 5.47. The fourth-order valence-corrected chi connectivity index (χ4v) is 3.99. The second-order valence-corrected chi connectivity index (χ2v) is 6.61. The maximum atomic E-state index is 3.77. The van der Waals surface area contributed by atoms with Crippen molar-refractivity contribution in [2.75, 3.05) is 19.6 Å². The number of hydrogen-bond acceptors (Lipinski definition) is 2. The molecule has 4 rings (SSSR count). The average molecular weight is 206 g/mol. The Labute approximate surface area is 92.4 Å². The zero-order chi connectivity index (χ0) is 9.93. The number of nitrogens with one attached hydrogen (secondary N) is 1. The molecule has 2 heterocycles. The van der Waals surface area contributed by atoms with E-state index in [9.17, 15) is 0 Å². The highest BCUT2D eigenvalue weighted by atomic mass is 15.3. The highest BCUT2D eigenvalue weighted by molar-refractivity contribution is 5.10. The van der Waals surface area contributed by atoms with E-state index in [0.717, 1.165) is 11.5 Å². The van der Waals surface area contributed by atoms with Gasteiger partial charge < -0.3 is 5.32 Å². The molecule has 15 heavy (non-hydrogen) atoms. The largest absolute Gasteiger partial charge is 0.311 e. The molecule has 0 radical (unpaired) electrons. The topological polar surface area (TPSA) is 15.3 Å². The van der Waals surface area contributed by atoms with E-state index in [1.54, 1.807) is 0 Å². The van der Waals surface area contributed by atoms with Gasteiger partial charge in [-0.2, -0.15) is 0 Å². The van der Waals surface area contributed by atoms with Crippen molar-refractivity contribution in [3.05, 3.63) is 0 Å². The molecule has 0 aromatic carbocycles. The molecule has 2 saturated heterocycles. The van der Waals surface area contributed by atoms with Crippen molar-refractivity contribution < 1.29 is 0 Å². The Morgan fingerprint density at radius 2 is 1.87 bits per heavy atom. The molecule has 1 atom stereocenters. The Hall–Kier alpha value is -0.0800. The summed E-state index contributed by atoms with van der Waals surface area (Å²) in [6.45, 7) is 4.15. The van der Waals surface area contributed by atoms with E-state index in [1.807, 2.05) is 0 Å². The predicted octanol–water partition coefficient (Wildman–Crippen LogP) is 1.76. The lowest BCUT2D eigenvalue weighted by Gasteiger charge is -2.54. The molecule has 1 N–H and O–H groups in total. The van der Waals surface area contributed by atoms with Crippen LogP contribution in [0.15, 0.2) is 0 Å². The van der Waals surface area contributed by atoms with E-state index < -0.39 is 0 Å². The summed E-state index contributed by atoms with van der Waals surface area (Å²) in [6.07, 6.45) is 10.3. The molecule has 2 aliphatic carbocycles. The molecule has 0 bridgehead atoms. The summed E-state index contributed by atoms with van der Waals surface area (Å²) in [5.74, 6) is 0. The molecule has 4 aliphatic rings. The number of nitrogens with zero attached hydrogens (tertiary/aromatic N) is 1. The molecule has 2 spiro atoms. The van der Waals surface area contributed by atoms with Crippen LogP contribution in [0.25, 0.3) is 0 Å². The van der Waals surface area contributed by atoms with Gasteiger partial charge in [0.15, 0.2) is 0 Å². The smallest absolute Gasteiger partial charge is 0.0196 e. The highest BCUT2D eigenvalue weighted by Crippen LogP contribution is 2.54. The lowest BCUT2D eigenvalue weighted by atomic mass is 9.69. The lowest BCUT2D eigenvalue weighted by molar-refractivity contribution is -0.0123. The molecule has 2 saturated carbocycles. The Bertz CT molecular complexity index is 270. The SMILES string of the molecule is C1CC2(C1)CC(N1CC3(CC3)C1)CCN2. The van der Waals surface area contributed by atoms with Gasteiger partial charge in [-0.05, 0) is 56.9 Å².